The van der Waals surface area contributed by atoms with Crippen molar-refractivity contribution in [3.8, 4) is 0 Å². The maximum absolute atomic E-state index is 12.0. The van der Waals surface area contributed by atoms with Crippen LogP contribution in [0.25, 0.3) is 0 Å². The molecule has 0 aliphatic carbocycles. The third kappa shape index (κ3) is 3.08. The minimum Gasteiger partial charge on any atom is -0.456 e. The summed E-state index contributed by atoms with van der Waals surface area (Å²) in [5, 5.41) is 12.1. The molecule has 2 N–H and O–H groups in total. The Kier molecular flexibility index (Phi) is 4.58. The number of aliphatic hydroxyl groups excluding tert-OH is 1. The molecule has 1 heterocycles. The van der Waals surface area contributed by atoms with Crippen LogP contribution >= 0.6 is 0 Å². The Morgan fingerprint density at radius 2 is 2.00 bits per heavy atom. The summed E-state index contributed by atoms with van der Waals surface area (Å²) in [5.74, 6) is 0.937. The highest BCUT2D eigenvalue weighted by Crippen LogP contribution is 2.15. The van der Waals surface area contributed by atoms with Gasteiger partial charge in [0.1, 0.15) is 5.76 Å². The van der Waals surface area contributed by atoms with E-state index in [-0.39, 0.29) is 12.5 Å². The number of benzene rings is 1. The maximum atomic E-state index is 12.0. The van der Waals surface area contributed by atoms with E-state index in [0.29, 0.717) is 12.3 Å². The quantitative estimate of drug-likeness (QED) is 0.880. The Balaban J connectivity index is 2.04. The average Bonchev–Trinajstić information content (AvgIpc) is 2.86. The van der Waals surface area contributed by atoms with Crippen LogP contribution in [0.5, 0.6) is 0 Å². The van der Waals surface area contributed by atoms with Crippen molar-refractivity contribution in [1.82, 2.24) is 5.32 Å². The molecule has 1 aromatic heterocycles. The van der Waals surface area contributed by atoms with Crippen molar-refractivity contribution in [3.05, 3.63) is 58.5 Å². The van der Waals surface area contributed by atoms with Crippen molar-refractivity contribution in [2.75, 3.05) is 0 Å². The first kappa shape index (κ1) is 14.3. The molecule has 1 aromatic carbocycles. The second kappa shape index (κ2) is 6.39. The minimum atomic E-state index is -0.236. The van der Waals surface area contributed by atoms with Gasteiger partial charge in [-0.2, -0.15) is 0 Å². The summed E-state index contributed by atoms with van der Waals surface area (Å²) < 4.78 is 5.51. The largest absolute Gasteiger partial charge is 0.456 e. The summed E-state index contributed by atoms with van der Waals surface area (Å²) in [5.41, 5.74) is 2.72. The van der Waals surface area contributed by atoms with Crippen molar-refractivity contribution in [2.45, 2.75) is 33.4 Å². The van der Waals surface area contributed by atoms with Gasteiger partial charge in [0.25, 0.3) is 5.91 Å². The number of amides is 1. The molecule has 0 aliphatic heterocycles. The predicted octanol–water partition coefficient (Wildman–Crippen LogP) is 2.57. The fourth-order valence-electron chi connectivity index (χ4n) is 2.13. The van der Waals surface area contributed by atoms with Gasteiger partial charge in [0.15, 0.2) is 5.76 Å². The fraction of sp³-hybridized carbons (Fsp3) is 0.312. The minimum absolute atomic E-state index is 0.0358. The molecule has 0 saturated carbocycles. The number of hydrogen-bond donors (Lipinski definition) is 2. The van der Waals surface area contributed by atoms with Gasteiger partial charge in [-0.25, -0.2) is 0 Å². The van der Waals surface area contributed by atoms with Crippen molar-refractivity contribution in [1.29, 1.82) is 0 Å². The lowest BCUT2D eigenvalue weighted by Gasteiger charge is -2.07. The second-order valence-electron chi connectivity index (χ2n) is 4.68. The van der Waals surface area contributed by atoms with E-state index >= 15 is 0 Å². The predicted molar refractivity (Wildman–Crippen MR) is 76.4 cm³/mol. The zero-order chi connectivity index (χ0) is 14.5. The van der Waals surface area contributed by atoms with Gasteiger partial charge >= 0.3 is 0 Å². The van der Waals surface area contributed by atoms with Crippen molar-refractivity contribution >= 4 is 5.91 Å². The number of hydrogen-bond acceptors (Lipinski definition) is 3. The summed E-state index contributed by atoms with van der Waals surface area (Å²) in [6, 6.07) is 9.23. The summed E-state index contributed by atoms with van der Waals surface area (Å²) in [4.78, 5) is 12.0. The SMILES string of the molecule is CCc1oc(C(=O)NCc2ccccc2CO)cc1C. The first-order valence-corrected chi connectivity index (χ1v) is 6.70. The second-order valence-corrected chi connectivity index (χ2v) is 4.68. The van der Waals surface area contributed by atoms with Crippen LogP contribution in [0, 0.1) is 6.92 Å². The molecule has 0 unspecified atom stereocenters. The van der Waals surface area contributed by atoms with E-state index in [1.165, 1.54) is 0 Å². The molecule has 0 bridgehead atoms. The first-order valence-electron chi connectivity index (χ1n) is 6.70. The monoisotopic (exact) mass is 273 g/mol. The van der Waals surface area contributed by atoms with Crippen molar-refractivity contribution in [3.63, 3.8) is 0 Å². The lowest BCUT2D eigenvalue weighted by atomic mass is 10.1. The van der Waals surface area contributed by atoms with Crippen LogP contribution in [0.2, 0.25) is 0 Å². The topological polar surface area (TPSA) is 62.5 Å². The summed E-state index contributed by atoms with van der Waals surface area (Å²) >= 11 is 0. The molecule has 0 spiro atoms. The van der Waals surface area contributed by atoms with Crippen LogP contribution in [0.3, 0.4) is 0 Å². The van der Waals surface area contributed by atoms with Crippen LogP contribution in [0.1, 0.15) is 39.9 Å². The van der Waals surface area contributed by atoms with E-state index in [1.54, 1.807) is 6.07 Å². The lowest BCUT2D eigenvalue weighted by molar-refractivity contribution is 0.0921. The molecule has 106 valence electrons. The van der Waals surface area contributed by atoms with Crippen LogP contribution < -0.4 is 5.32 Å². The molecule has 0 fully saturated rings. The molecule has 20 heavy (non-hydrogen) atoms. The zero-order valence-electron chi connectivity index (χ0n) is 11.8. The van der Waals surface area contributed by atoms with Crippen molar-refractivity contribution in [2.24, 2.45) is 0 Å². The molecule has 0 saturated heterocycles. The number of carbonyl (C=O) groups excluding carboxylic acids is 1. The Bertz CT molecular complexity index is 602. The molecular formula is C16H19NO3. The standard InChI is InChI=1S/C16H19NO3/c1-3-14-11(2)8-15(20-14)16(19)17-9-12-6-4-5-7-13(12)10-18/h4-8,18H,3,9-10H2,1-2H3,(H,17,19). The Hall–Kier alpha value is -2.07. The summed E-state index contributed by atoms with van der Waals surface area (Å²) in [6.07, 6.45) is 0.770. The molecule has 2 rings (SSSR count). The van der Waals surface area contributed by atoms with E-state index in [0.717, 1.165) is 28.9 Å². The smallest absolute Gasteiger partial charge is 0.287 e. The van der Waals surface area contributed by atoms with Gasteiger partial charge in [-0.15, -0.1) is 0 Å². The van der Waals surface area contributed by atoms with E-state index < -0.39 is 0 Å². The average molecular weight is 273 g/mol. The highest BCUT2D eigenvalue weighted by molar-refractivity contribution is 5.91. The van der Waals surface area contributed by atoms with Crippen LogP contribution in [0.4, 0.5) is 0 Å². The molecule has 4 heteroatoms. The third-order valence-corrected chi connectivity index (χ3v) is 3.29. The van der Waals surface area contributed by atoms with E-state index in [9.17, 15) is 9.90 Å². The Morgan fingerprint density at radius 1 is 1.30 bits per heavy atom. The van der Waals surface area contributed by atoms with Gasteiger partial charge in [0.2, 0.25) is 0 Å². The number of carbonyl (C=O) groups is 1. The normalized spacial score (nSPS) is 10.6. The molecule has 4 nitrogen and oxygen atoms in total. The Labute approximate surface area is 118 Å². The number of furan rings is 1. The van der Waals surface area contributed by atoms with Gasteiger partial charge in [-0.1, -0.05) is 31.2 Å². The highest BCUT2D eigenvalue weighted by atomic mass is 16.4. The van der Waals surface area contributed by atoms with Gasteiger partial charge in [0, 0.05) is 13.0 Å². The Morgan fingerprint density at radius 3 is 2.60 bits per heavy atom. The van der Waals surface area contributed by atoms with Gasteiger partial charge in [0.05, 0.1) is 6.61 Å². The fourth-order valence-corrected chi connectivity index (χ4v) is 2.13. The maximum Gasteiger partial charge on any atom is 0.287 e. The molecule has 0 atom stereocenters. The van der Waals surface area contributed by atoms with Gasteiger partial charge in [-0.05, 0) is 29.7 Å². The molecule has 2 aromatic rings. The van der Waals surface area contributed by atoms with Crippen LogP contribution in [-0.2, 0) is 19.6 Å². The number of aryl methyl sites for hydroxylation is 2. The van der Waals surface area contributed by atoms with E-state index in [4.69, 9.17) is 4.42 Å². The van der Waals surface area contributed by atoms with Crippen molar-refractivity contribution < 1.29 is 14.3 Å². The lowest BCUT2D eigenvalue weighted by Crippen LogP contribution is -2.22. The number of nitrogens with one attached hydrogen (secondary N) is 1. The van der Waals surface area contributed by atoms with E-state index in [1.807, 2.05) is 38.1 Å². The molecule has 0 radical (unpaired) electrons. The molecule has 0 aliphatic rings. The first-order chi connectivity index (χ1) is 9.65. The number of aliphatic hydroxyl groups is 1. The highest BCUT2D eigenvalue weighted by Gasteiger charge is 2.13. The summed E-state index contributed by atoms with van der Waals surface area (Å²) in [7, 11) is 0. The third-order valence-electron chi connectivity index (χ3n) is 3.29. The van der Waals surface area contributed by atoms with Gasteiger partial charge in [-0.3, -0.25) is 4.79 Å². The van der Waals surface area contributed by atoms with E-state index in [2.05, 4.69) is 5.32 Å². The van der Waals surface area contributed by atoms with Gasteiger partial charge < -0.3 is 14.8 Å². The zero-order valence-corrected chi connectivity index (χ0v) is 11.8. The van der Waals surface area contributed by atoms with Crippen LogP contribution in [-0.4, -0.2) is 11.0 Å². The molecule has 1 amide bonds. The summed E-state index contributed by atoms with van der Waals surface area (Å²) in [6.45, 7) is 4.26. The van der Waals surface area contributed by atoms with Crippen LogP contribution in [0.15, 0.2) is 34.7 Å². The number of rotatable bonds is 5. The molecular weight excluding hydrogens is 254 g/mol.